The van der Waals surface area contributed by atoms with E-state index in [9.17, 15) is 28.8 Å². The molecular formula is C18H19ClF3N4O7P. The third-order valence-electron chi connectivity index (χ3n) is 5.57. The standard InChI is InChI=1S/C18H19ClF3N4O7P/c19-15-8(3-23)12(24-7-1-18(21,22)2-7)11-9(20)4-26(16(11)25-15)17-14(28)13(27)10(33-17)5-32-6-34(29,30)31/h4,7,10,13-14,17,27-28H,1-2,5-6H2,(H,24,25)(H2,29,30,31)/t10-,13-,14-,17-/m1/s1. The van der Waals surface area contributed by atoms with Gasteiger partial charge in [0.25, 0.3) is 5.92 Å². The molecule has 1 saturated heterocycles. The van der Waals surface area contributed by atoms with Gasteiger partial charge >= 0.3 is 7.60 Å². The van der Waals surface area contributed by atoms with Crippen molar-refractivity contribution in [3.8, 4) is 6.07 Å². The van der Waals surface area contributed by atoms with Gasteiger partial charge in [-0.1, -0.05) is 11.6 Å². The SMILES string of the molecule is N#Cc1c(Cl)nc2c(c(F)cn2[C@@H]2O[C@H](COCP(=O)(O)O)[C@@H](O)[C@H]2O)c1NC1CC(F)(F)C1. The van der Waals surface area contributed by atoms with Crippen LogP contribution in [0.2, 0.25) is 5.15 Å². The number of alkyl halides is 2. The van der Waals surface area contributed by atoms with Crippen LogP contribution in [0.4, 0.5) is 18.9 Å². The third kappa shape index (κ3) is 4.75. The maximum atomic E-state index is 15.0. The van der Waals surface area contributed by atoms with Crippen molar-refractivity contribution in [1.82, 2.24) is 9.55 Å². The van der Waals surface area contributed by atoms with E-state index >= 15 is 4.39 Å². The average Bonchev–Trinajstić information content (AvgIpc) is 3.16. The smallest absolute Gasteiger partial charge is 0.350 e. The highest BCUT2D eigenvalue weighted by atomic mass is 35.5. The Bertz CT molecular complexity index is 1190. The largest absolute Gasteiger partial charge is 0.387 e. The molecule has 0 amide bonds. The van der Waals surface area contributed by atoms with Crippen molar-refractivity contribution in [3.05, 3.63) is 22.7 Å². The molecule has 2 fully saturated rings. The number of ether oxygens (including phenoxy) is 2. The molecule has 2 aliphatic rings. The number of pyridine rings is 1. The first-order valence-electron chi connectivity index (χ1n) is 9.89. The molecule has 34 heavy (non-hydrogen) atoms. The predicted molar refractivity (Wildman–Crippen MR) is 110 cm³/mol. The van der Waals surface area contributed by atoms with Crippen molar-refractivity contribution in [2.45, 2.75) is 49.3 Å². The molecule has 4 atom stereocenters. The Hall–Kier alpha value is -1.95. The zero-order valence-corrected chi connectivity index (χ0v) is 18.8. The number of nitriles is 1. The lowest BCUT2D eigenvalue weighted by atomic mass is 9.88. The normalized spacial score (nSPS) is 27.0. The summed E-state index contributed by atoms with van der Waals surface area (Å²) in [6.45, 7) is -0.489. The Labute approximate surface area is 194 Å². The van der Waals surface area contributed by atoms with Crippen LogP contribution in [0.5, 0.6) is 0 Å². The third-order valence-corrected chi connectivity index (χ3v) is 6.37. The van der Waals surface area contributed by atoms with Crippen LogP contribution in [0.25, 0.3) is 11.0 Å². The van der Waals surface area contributed by atoms with Gasteiger partial charge in [-0.05, 0) is 0 Å². The van der Waals surface area contributed by atoms with E-state index in [0.29, 0.717) is 0 Å². The van der Waals surface area contributed by atoms with Crippen molar-refractivity contribution in [3.63, 3.8) is 0 Å². The number of rotatable bonds is 7. The lowest BCUT2D eigenvalue weighted by Crippen LogP contribution is -2.44. The molecule has 0 radical (unpaired) electrons. The maximum absolute atomic E-state index is 15.0. The van der Waals surface area contributed by atoms with E-state index in [2.05, 4.69) is 10.3 Å². The second-order valence-electron chi connectivity index (χ2n) is 8.16. The maximum Gasteiger partial charge on any atom is 0.350 e. The van der Waals surface area contributed by atoms with Gasteiger partial charge in [0.1, 0.15) is 41.9 Å². The fourth-order valence-corrected chi connectivity index (χ4v) is 4.56. The highest BCUT2D eigenvalue weighted by molar-refractivity contribution is 7.51. The summed E-state index contributed by atoms with van der Waals surface area (Å²) in [4.78, 5) is 21.7. The van der Waals surface area contributed by atoms with Gasteiger partial charge in [0.05, 0.1) is 17.7 Å². The first kappa shape index (κ1) is 25.2. The van der Waals surface area contributed by atoms with Crippen LogP contribution in [0, 0.1) is 17.1 Å². The zero-order chi connectivity index (χ0) is 25.0. The minimum atomic E-state index is -4.48. The summed E-state index contributed by atoms with van der Waals surface area (Å²) in [6.07, 6.45) is -6.93. The van der Waals surface area contributed by atoms with E-state index in [1.807, 2.05) is 0 Å². The van der Waals surface area contributed by atoms with Crippen LogP contribution < -0.4 is 5.32 Å². The summed E-state index contributed by atoms with van der Waals surface area (Å²) in [7, 11) is -4.48. The van der Waals surface area contributed by atoms with Crippen molar-refractivity contribution in [1.29, 1.82) is 5.26 Å². The summed E-state index contributed by atoms with van der Waals surface area (Å²) in [6, 6.07) is 1.03. The fourth-order valence-electron chi connectivity index (χ4n) is 4.00. The highest BCUT2D eigenvalue weighted by Gasteiger charge is 2.47. The summed E-state index contributed by atoms with van der Waals surface area (Å²) < 4.78 is 63.9. The molecular weight excluding hydrogens is 508 g/mol. The first-order chi connectivity index (χ1) is 15.8. The molecule has 3 heterocycles. The number of hydrogen-bond acceptors (Lipinski definition) is 8. The quantitative estimate of drug-likeness (QED) is 0.264. The molecule has 1 saturated carbocycles. The van der Waals surface area contributed by atoms with Gasteiger partial charge in [-0.3, -0.25) is 4.57 Å². The Morgan fingerprint density at radius 2 is 2.06 bits per heavy atom. The van der Waals surface area contributed by atoms with Gasteiger partial charge < -0.3 is 39.4 Å². The van der Waals surface area contributed by atoms with Crippen molar-refractivity contribution in [2.75, 3.05) is 18.3 Å². The summed E-state index contributed by atoms with van der Waals surface area (Å²) in [5.74, 6) is -3.80. The summed E-state index contributed by atoms with van der Waals surface area (Å²) >= 11 is 6.10. The minimum Gasteiger partial charge on any atom is -0.387 e. The molecule has 0 bridgehead atoms. The monoisotopic (exact) mass is 526 g/mol. The van der Waals surface area contributed by atoms with Crippen molar-refractivity contribution >= 4 is 35.9 Å². The number of aromatic nitrogens is 2. The number of aliphatic hydroxyl groups is 2. The molecule has 186 valence electrons. The number of fused-ring (bicyclic) bond motifs is 1. The number of aliphatic hydroxyl groups excluding tert-OH is 2. The molecule has 11 nitrogen and oxygen atoms in total. The van der Waals surface area contributed by atoms with Crippen LogP contribution in [0.1, 0.15) is 24.6 Å². The molecule has 0 spiro atoms. The summed E-state index contributed by atoms with van der Waals surface area (Å²) in [5, 5.41) is 32.3. The van der Waals surface area contributed by atoms with E-state index < -0.39 is 75.7 Å². The van der Waals surface area contributed by atoms with Crippen LogP contribution in [0.15, 0.2) is 6.20 Å². The lowest BCUT2D eigenvalue weighted by Gasteiger charge is -2.36. The number of anilines is 1. The van der Waals surface area contributed by atoms with Crippen molar-refractivity contribution < 1.29 is 47.2 Å². The molecule has 5 N–H and O–H groups in total. The second kappa shape index (κ2) is 8.92. The van der Waals surface area contributed by atoms with Crippen LogP contribution >= 0.6 is 19.2 Å². The number of hydrogen-bond donors (Lipinski definition) is 5. The van der Waals surface area contributed by atoms with Crippen LogP contribution in [0.3, 0.4) is 0 Å². The molecule has 0 aromatic carbocycles. The van der Waals surface area contributed by atoms with Gasteiger partial charge in [0.15, 0.2) is 17.2 Å². The molecule has 1 aliphatic carbocycles. The highest BCUT2D eigenvalue weighted by Crippen LogP contribution is 2.43. The number of halogens is 4. The lowest BCUT2D eigenvalue weighted by molar-refractivity contribution is -0.0793. The molecule has 2 aromatic heterocycles. The predicted octanol–water partition coefficient (Wildman–Crippen LogP) is 1.68. The van der Waals surface area contributed by atoms with Crippen molar-refractivity contribution in [2.24, 2.45) is 0 Å². The van der Waals surface area contributed by atoms with Gasteiger partial charge in [-0.15, -0.1) is 0 Å². The molecule has 2 aromatic rings. The molecule has 4 rings (SSSR count). The Kier molecular flexibility index (Phi) is 6.60. The average molecular weight is 527 g/mol. The van der Waals surface area contributed by atoms with Crippen LogP contribution in [-0.4, -0.2) is 72.8 Å². The van der Waals surface area contributed by atoms with E-state index in [-0.39, 0.29) is 27.4 Å². The fraction of sp³-hybridized carbons (Fsp3) is 0.556. The molecule has 0 unspecified atom stereocenters. The number of nitrogens with one attached hydrogen (secondary N) is 1. The molecule has 1 aliphatic heterocycles. The zero-order valence-electron chi connectivity index (χ0n) is 17.1. The Morgan fingerprint density at radius 3 is 2.65 bits per heavy atom. The first-order valence-corrected chi connectivity index (χ1v) is 12.1. The van der Waals surface area contributed by atoms with E-state index in [4.69, 9.17) is 30.9 Å². The van der Waals surface area contributed by atoms with E-state index in [1.165, 1.54) is 0 Å². The Balaban J connectivity index is 1.66. The van der Waals surface area contributed by atoms with Gasteiger partial charge in [-0.2, -0.15) is 5.26 Å². The van der Waals surface area contributed by atoms with Gasteiger partial charge in [0, 0.05) is 25.1 Å². The second-order valence-corrected chi connectivity index (χ2v) is 10.1. The van der Waals surface area contributed by atoms with Gasteiger partial charge in [-0.25, -0.2) is 18.2 Å². The minimum absolute atomic E-state index is 0.135. The summed E-state index contributed by atoms with van der Waals surface area (Å²) in [5.41, 5.74) is -0.579. The molecule has 16 heteroatoms. The van der Waals surface area contributed by atoms with Crippen LogP contribution in [-0.2, 0) is 14.0 Å². The number of nitrogens with zero attached hydrogens (tertiary/aromatic N) is 3. The van der Waals surface area contributed by atoms with Gasteiger partial charge in [0.2, 0.25) is 0 Å². The van der Waals surface area contributed by atoms with E-state index in [1.54, 1.807) is 6.07 Å². The Morgan fingerprint density at radius 1 is 1.38 bits per heavy atom. The topological polar surface area (TPSA) is 170 Å². The van der Waals surface area contributed by atoms with E-state index in [0.717, 1.165) is 10.8 Å².